The molecule has 0 bridgehead atoms. The molecule has 2 heteroatoms. The quantitative estimate of drug-likeness (QED) is 0.631. The van der Waals surface area contributed by atoms with Gasteiger partial charge in [-0.3, -0.25) is 0 Å². The standard InChI is InChI=1S/C11H8OS/c1-2-8-7-9-5-3-4-6-10(9)12-11(8)13/h2-7H,1H2. The number of para-hydroxylation sites is 1. The second-order valence-corrected chi connectivity index (χ2v) is 3.10. The van der Waals surface area contributed by atoms with Crippen LogP contribution in [-0.4, -0.2) is 0 Å². The fraction of sp³-hybridized carbons (Fsp3) is 0. The molecule has 1 nitrogen and oxygen atoms in total. The predicted molar refractivity (Wildman–Crippen MR) is 57.1 cm³/mol. The largest absolute Gasteiger partial charge is 0.445 e. The molecule has 0 N–H and O–H groups in total. The Bertz CT molecular complexity index is 511. The van der Waals surface area contributed by atoms with Crippen molar-refractivity contribution in [2.75, 3.05) is 0 Å². The Hall–Kier alpha value is -1.41. The van der Waals surface area contributed by atoms with E-state index >= 15 is 0 Å². The molecule has 0 radical (unpaired) electrons. The van der Waals surface area contributed by atoms with Crippen LogP contribution in [0.5, 0.6) is 0 Å². The molecule has 0 unspecified atom stereocenters. The smallest absolute Gasteiger partial charge is 0.198 e. The first-order valence-electron chi connectivity index (χ1n) is 3.96. The minimum atomic E-state index is 0.494. The fourth-order valence-electron chi connectivity index (χ4n) is 1.22. The van der Waals surface area contributed by atoms with E-state index in [1.165, 1.54) is 0 Å². The molecule has 0 saturated heterocycles. The van der Waals surface area contributed by atoms with E-state index in [0.29, 0.717) is 4.71 Å². The van der Waals surface area contributed by atoms with E-state index in [9.17, 15) is 0 Å². The Kier molecular flexibility index (Phi) is 1.99. The van der Waals surface area contributed by atoms with Gasteiger partial charge in [-0.05, 0) is 24.4 Å². The van der Waals surface area contributed by atoms with Crippen molar-refractivity contribution in [3.8, 4) is 0 Å². The Morgan fingerprint density at radius 2 is 2.08 bits per heavy atom. The number of hydrogen-bond donors (Lipinski definition) is 0. The van der Waals surface area contributed by atoms with E-state index in [-0.39, 0.29) is 0 Å². The zero-order chi connectivity index (χ0) is 9.26. The molecule has 0 aliphatic carbocycles. The van der Waals surface area contributed by atoms with Crippen LogP contribution in [0.1, 0.15) is 5.56 Å². The van der Waals surface area contributed by atoms with Crippen molar-refractivity contribution in [2.24, 2.45) is 0 Å². The maximum Gasteiger partial charge on any atom is 0.198 e. The van der Waals surface area contributed by atoms with Gasteiger partial charge in [0.2, 0.25) is 0 Å². The summed E-state index contributed by atoms with van der Waals surface area (Å²) in [4.78, 5) is 0. The van der Waals surface area contributed by atoms with Crippen LogP contribution in [0.2, 0.25) is 0 Å². The summed E-state index contributed by atoms with van der Waals surface area (Å²) in [7, 11) is 0. The Balaban J connectivity index is 2.89. The minimum Gasteiger partial charge on any atom is -0.445 e. The molecule has 0 aliphatic rings. The van der Waals surface area contributed by atoms with E-state index < -0.39 is 0 Å². The van der Waals surface area contributed by atoms with Crippen LogP contribution in [0.4, 0.5) is 0 Å². The van der Waals surface area contributed by atoms with Gasteiger partial charge in [-0.25, -0.2) is 0 Å². The highest BCUT2D eigenvalue weighted by Gasteiger charge is 1.97. The molecule has 13 heavy (non-hydrogen) atoms. The van der Waals surface area contributed by atoms with Gasteiger partial charge in [-0.15, -0.1) is 0 Å². The lowest BCUT2D eigenvalue weighted by molar-refractivity contribution is 0.585. The van der Waals surface area contributed by atoms with Crippen LogP contribution in [0, 0.1) is 4.71 Å². The molecule has 0 fully saturated rings. The van der Waals surface area contributed by atoms with Gasteiger partial charge in [-0.2, -0.15) is 0 Å². The van der Waals surface area contributed by atoms with Gasteiger partial charge in [0.1, 0.15) is 5.58 Å². The van der Waals surface area contributed by atoms with Gasteiger partial charge < -0.3 is 4.42 Å². The molecule has 1 aromatic heterocycles. The molecule has 0 atom stereocenters. The third kappa shape index (κ3) is 1.40. The van der Waals surface area contributed by atoms with Gasteiger partial charge in [-0.1, -0.05) is 30.9 Å². The molecule has 1 heterocycles. The van der Waals surface area contributed by atoms with Gasteiger partial charge >= 0.3 is 0 Å². The topological polar surface area (TPSA) is 13.1 Å². The molecule has 0 saturated carbocycles. The number of fused-ring (bicyclic) bond motifs is 1. The van der Waals surface area contributed by atoms with E-state index in [1.54, 1.807) is 6.08 Å². The summed E-state index contributed by atoms with van der Waals surface area (Å²) in [6.45, 7) is 3.67. The van der Waals surface area contributed by atoms with E-state index in [1.807, 2.05) is 30.3 Å². The number of hydrogen-bond acceptors (Lipinski definition) is 2. The summed E-state index contributed by atoms with van der Waals surface area (Å²) in [6, 6.07) is 9.76. The van der Waals surface area contributed by atoms with Crippen molar-refractivity contribution in [1.82, 2.24) is 0 Å². The van der Waals surface area contributed by atoms with E-state index in [2.05, 4.69) is 6.58 Å². The van der Waals surface area contributed by atoms with Crippen LogP contribution >= 0.6 is 12.2 Å². The first-order valence-corrected chi connectivity index (χ1v) is 4.37. The zero-order valence-electron chi connectivity index (χ0n) is 6.99. The van der Waals surface area contributed by atoms with Gasteiger partial charge in [0, 0.05) is 10.9 Å². The highest BCUT2D eigenvalue weighted by molar-refractivity contribution is 7.71. The number of rotatable bonds is 1. The first kappa shape index (κ1) is 8.20. The molecule has 1 aromatic carbocycles. The van der Waals surface area contributed by atoms with E-state index in [0.717, 1.165) is 16.5 Å². The molecule has 0 amide bonds. The molecular weight excluding hydrogens is 180 g/mol. The monoisotopic (exact) mass is 188 g/mol. The molecule has 0 aliphatic heterocycles. The second-order valence-electron chi connectivity index (χ2n) is 2.73. The fourth-order valence-corrected chi connectivity index (χ4v) is 1.45. The highest BCUT2D eigenvalue weighted by atomic mass is 32.1. The Labute approximate surface area is 81.3 Å². The molecular formula is C11H8OS. The van der Waals surface area contributed by atoms with Crippen molar-refractivity contribution in [3.05, 3.63) is 47.2 Å². The average molecular weight is 188 g/mol. The van der Waals surface area contributed by atoms with Crippen LogP contribution in [0.15, 0.2) is 41.3 Å². The van der Waals surface area contributed by atoms with Crippen LogP contribution in [0.3, 0.4) is 0 Å². The summed E-state index contributed by atoms with van der Waals surface area (Å²) in [5.74, 6) is 0. The average Bonchev–Trinajstić information content (AvgIpc) is 2.17. The van der Waals surface area contributed by atoms with Crippen molar-refractivity contribution >= 4 is 29.3 Å². The predicted octanol–water partition coefficient (Wildman–Crippen LogP) is 3.81. The summed E-state index contributed by atoms with van der Waals surface area (Å²) in [6.07, 6.45) is 1.71. The van der Waals surface area contributed by atoms with Crippen LogP contribution in [0.25, 0.3) is 17.0 Å². The minimum absolute atomic E-state index is 0.494. The van der Waals surface area contributed by atoms with Gasteiger partial charge in [0.25, 0.3) is 0 Å². The van der Waals surface area contributed by atoms with Crippen molar-refractivity contribution in [2.45, 2.75) is 0 Å². The maximum atomic E-state index is 5.43. The summed E-state index contributed by atoms with van der Waals surface area (Å²) >= 11 is 5.04. The van der Waals surface area contributed by atoms with Crippen LogP contribution in [-0.2, 0) is 0 Å². The second kappa shape index (κ2) is 3.15. The summed E-state index contributed by atoms with van der Waals surface area (Å²) in [5, 5.41) is 1.05. The third-order valence-electron chi connectivity index (χ3n) is 1.89. The molecule has 2 aromatic rings. The van der Waals surface area contributed by atoms with Crippen molar-refractivity contribution in [3.63, 3.8) is 0 Å². The third-order valence-corrected chi connectivity index (χ3v) is 2.21. The van der Waals surface area contributed by atoms with Gasteiger partial charge in [0.05, 0.1) is 0 Å². The molecule has 0 spiro atoms. The first-order chi connectivity index (χ1) is 6.31. The van der Waals surface area contributed by atoms with Gasteiger partial charge in [0.15, 0.2) is 4.71 Å². The lowest BCUT2D eigenvalue weighted by Gasteiger charge is -1.97. The summed E-state index contributed by atoms with van der Waals surface area (Å²) < 4.78 is 5.92. The SMILES string of the molecule is C=Cc1cc2ccccc2oc1=S. The normalized spacial score (nSPS) is 10.2. The Morgan fingerprint density at radius 1 is 1.31 bits per heavy atom. The molecule has 2 rings (SSSR count). The molecule has 64 valence electrons. The van der Waals surface area contributed by atoms with Crippen molar-refractivity contribution in [1.29, 1.82) is 0 Å². The Morgan fingerprint density at radius 3 is 2.85 bits per heavy atom. The lowest BCUT2D eigenvalue weighted by Crippen LogP contribution is -1.76. The van der Waals surface area contributed by atoms with E-state index in [4.69, 9.17) is 16.6 Å². The maximum absolute atomic E-state index is 5.43. The lowest BCUT2D eigenvalue weighted by atomic mass is 10.2. The van der Waals surface area contributed by atoms with Crippen LogP contribution < -0.4 is 0 Å². The zero-order valence-corrected chi connectivity index (χ0v) is 7.80. The summed E-state index contributed by atoms with van der Waals surface area (Å²) in [5.41, 5.74) is 1.69. The number of benzene rings is 1. The highest BCUT2D eigenvalue weighted by Crippen LogP contribution is 2.17. The van der Waals surface area contributed by atoms with Crippen molar-refractivity contribution < 1.29 is 4.42 Å².